The molecule has 0 fully saturated rings. The molecule has 3 N–H and O–H groups in total. The number of ether oxygens (including phenoxy) is 1. The van der Waals surface area contributed by atoms with Crippen molar-refractivity contribution in [2.45, 2.75) is 0 Å². The zero-order valence-corrected chi connectivity index (χ0v) is 10.1. The lowest BCUT2D eigenvalue weighted by molar-refractivity contribution is 0.426. The Morgan fingerprint density at radius 3 is 2.94 bits per heavy atom. The average molecular weight is 299 g/mol. The van der Waals surface area contributed by atoms with Crippen molar-refractivity contribution < 1.29 is 9.13 Å². The maximum atomic E-state index is 13.4. The zero-order valence-electron chi connectivity index (χ0n) is 8.52. The highest BCUT2D eigenvalue weighted by Crippen LogP contribution is 2.26. The Labute approximate surface area is 105 Å². The van der Waals surface area contributed by atoms with Crippen LogP contribution < -0.4 is 16.0 Å². The summed E-state index contributed by atoms with van der Waals surface area (Å²) in [5.41, 5.74) is 2.27. The maximum Gasteiger partial charge on any atom is 0.240 e. The first-order valence-corrected chi connectivity index (χ1v) is 5.41. The molecule has 2 rings (SSSR count). The van der Waals surface area contributed by atoms with Crippen molar-refractivity contribution in [2.24, 2.45) is 5.84 Å². The molecular weight excluding hydrogens is 291 g/mol. The third-order valence-corrected chi connectivity index (χ3v) is 2.36. The standard InChI is InChI=1S/C10H8BrFN4O/c11-6-1-2-7(12)8(5-6)17-9-3-4-14-10(15-9)16-13/h1-5H,13H2,(H,14,15,16). The van der Waals surface area contributed by atoms with Gasteiger partial charge in [-0.25, -0.2) is 15.2 Å². The highest BCUT2D eigenvalue weighted by Gasteiger charge is 2.07. The smallest absolute Gasteiger partial charge is 0.240 e. The lowest BCUT2D eigenvalue weighted by Gasteiger charge is -2.06. The van der Waals surface area contributed by atoms with Crippen LogP contribution in [0.25, 0.3) is 0 Å². The molecular formula is C10H8BrFN4O. The molecule has 1 aromatic heterocycles. The van der Waals surface area contributed by atoms with E-state index < -0.39 is 5.82 Å². The Morgan fingerprint density at radius 2 is 2.18 bits per heavy atom. The molecule has 2 aromatic rings. The molecule has 1 heterocycles. The van der Waals surface area contributed by atoms with E-state index >= 15 is 0 Å². The topological polar surface area (TPSA) is 73.1 Å². The molecule has 0 atom stereocenters. The highest BCUT2D eigenvalue weighted by atomic mass is 79.9. The molecule has 0 saturated carbocycles. The summed E-state index contributed by atoms with van der Waals surface area (Å²) in [4.78, 5) is 7.72. The number of hydrogen-bond acceptors (Lipinski definition) is 5. The number of aromatic nitrogens is 2. The molecule has 0 saturated heterocycles. The number of benzene rings is 1. The van der Waals surface area contributed by atoms with Gasteiger partial charge in [-0.3, -0.25) is 5.43 Å². The highest BCUT2D eigenvalue weighted by molar-refractivity contribution is 9.10. The molecule has 0 amide bonds. The van der Waals surface area contributed by atoms with Gasteiger partial charge in [0.2, 0.25) is 11.8 Å². The molecule has 88 valence electrons. The predicted octanol–water partition coefficient (Wildman–Crippen LogP) is 2.46. The molecule has 0 spiro atoms. The summed E-state index contributed by atoms with van der Waals surface area (Å²) in [6.07, 6.45) is 1.45. The average Bonchev–Trinajstić information content (AvgIpc) is 2.34. The van der Waals surface area contributed by atoms with Crippen molar-refractivity contribution in [3.8, 4) is 11.6 Å². The molecule has 0 aliphatic rings. The van der Waals surface area contributed by atoms with Crippen molar-refractivity contribution in [3.63, 3.8) is 0 Å². The quantitative estimate of drug-likeness (QED) is 0.673. The van der Waals surface area contributed by atoms with Crippen LogP contribution in [0.3, 0.4) is 0 Å². The molecule has 0 aliphatic heterocycles. The summed E-state index contributed by atoms with van der Waals surface area (Å²) >= 11 is 3.23. The number of nitrogens with two attached hydrogens (primary N) is 1. The minimum absolute atomic E-state index is 0.0704. The second-order valence-electron chi connectivity index (χ2n) is 3.04. The molecule has 5 nitrogen and oxygen atoms in total. The van der Waals surface area contributed by atoms with Crippen LogP contribution in [0.1, 0.15) is 0 Å². The van der Waals surface area contributed by atoms with Crippen LogP contribution in [-0.4, -0.2) is 9.97 Å². The molecule has 0 unspecified atom stereocenters. The number of nitrogen functional groups attached to an aromatic ring is 1. The van der Waals surface area contributed by atoms with E-state index in [2.05, 4.69) is 31.3 Å². The van der Waals surface area contributed by atoms with Crippen LogP contribution in [0.2, 0.25) is 0 Å². The van der Waals surface area contributed by atoms with Crippen LogP contribution in [0.5, 0.6) is 11.6 Å². The lowest BCUT2D eigenvalue weighted by Crippen LogP contribution is -2.10. The van der Waals surface area contributed by atoms with Crippen LogP contribution in [-0.2, 0) is 0 Å². The van der Waals surface area contributed by atoms with Gasteiger partial charge < -0.3 is 4.74 Å². The van der Waals surface area contributed by atoms with Crippen LogP contribution in [0, 0.1) is 5.82 Å². The normalized spacial score (nSPS) is 10.1. The van der Waals surface area contributed by atoms with E-state index in [1.54, 1.807) is 6.07 Å². The third-order valence-electron chi connectivity index (χ3n) is 1.87. The molecule has 1 aromatic carbocycles. The number of anilines is 1. The Kier molecular flexibility index (Phi) is 3.50. The van der Waals surface area contributed by atoms with Crippen molar-refractivity contribution >= 4 is 21.9 Å². The third kappa shape index (κ3) is 2.89. The van der Waals surface area contributed by atoms with E-state index in [9.17, 15) is 4.39 Å². The molecule has 7 heteroatoms. The van der Waals surface area contributed by atoms with Gasteiger partial charge in [-0.1, -0.05) is 15.9 Å². The fraction of sp³-hybridized carbons (Fsp3) is 0. The summed E-state index contributed by atoms with van der Waals surface area (Å²) < 4.78 is 19.4. The Bertz CT molecular complexity index is 537. The second kappa shape index (κ2) is 5.07. The van der Waals surface area contributed by atoms with Crippen molar-refractivity contribution in [1.29, 1.82) is 0 Å². The summed E-state index contributed by atoms with van der Waals surface area (Å²) in [5.74, 6) is 5.14. The van der Waals surface area contributed by atoms with Gasteiger partial charge in [0.15, 0.2) is 11.6 Å². The SMILES string of the molecule is NNc1nccc(Oc2cc(Br)ccc2F)n1. The Hall–Kier alpha value is -1.73. The number of nitrogens with one attached hydrogen (secondary N) is 1. The van der Waals surface area contributed by atoms with Gasteiger partial charge in [-0.05, 0) is 18.2 Å². The molecule has 0 radical (unpaired) electrons. The van der Waals surface area contributed by atoms with Crippen molar-refractivity contribution in [2.75, 3.05) is 5.43 Å². The number of hydrazine groups is 1. The number of nitrogens with zero attached hydrogens (tertiary/aromatic N) is 2. The first kappa shape index (κ1) is 11.7. The van der Waals surface area contributed by atoms with E-state index in [-0.39, 0.29) is 17.6 Å². The van der Waals surface area contributed by atoms with E-state index in [1.165, 1.54) is 24.4 Å². The number of hydrogen-bond donors (Lipinski definition) is 2. The summed E-state index contributed by atoms with van der Waals surface area (Å²) in [5, 5.41) is 0. The summed E-state index contributed by atoms with van der Waals surface area (Å²) in [6, 6.07) is 5.88. The number of halogens is 2. The zero-order chi connectivity index (χ0) is 12.3. The summed E-state index contributed by atoms with van der Waals surface area (Å²) in [6.45, 7) is 0. The van der Waals surface area contributed by atoms with Gasteiger partial charge in [-0.15, -0.1) is 0 Å². The molecule has 17 heavy (non-hydrogen) atoms. The number of rotatable bonds is 3. The van der Waals surface area contributed by atoms with Gasteiger partial charge in [0, 0.05) is 16.7 Å². The first-order chi connectivity index (χ1) is 8.19. The lowest BCUT2D eigenvalue weighted by atomic mass is 10.3. The van der Waals surface area contributed by atoms with E-state index in [4.69, 9.17) is 10.6 Å². The van der Waals surface area contributed by atoms with E-state index in [0.29, 0.717) is 4.47 Å². The second-order valence-corrected chi connectivity index (χ2v) is 3.96. The minimum Gasteiger partial charge on any atom is -0.436 e. The van der Waals surface area contributed by atoms with E-state index in [0.717, 1.165) is 0 Å². The molecule has 0 aliphatic carbocycles. The van der Waals surface area contributed by atoms with Crippen LogP contribution in [0.15, 0.2) is 34.9 Å². The van der Waals surface area contributed by atoms with Gasteiger partial charge in [0.1, 0.15) is 0 Å². The van der Waals surface area contributed by atoms with Crippen LogP contribution >= 0.6 is 15.9 Å². The fourth-order valence-electron chi connectivity index (χ4n) is 1.14. The van der Waals surface area contributed by atoms with Crippen molar-refractivity contribution in [1.82, 2.24) is 9.97 Å². The Balaban J connectivity index is 2.27. The maximum absolute atomic E-state index is 13.4. The van der Waals surface area contributed by atoms with Gasteiger partial charge >= 0.3 is 0 Å². The molecule has 0 bridgehead atoms. The van der Waals surface area contributed by atoms with Gasteiger partial charge in [0.25, 0.3) is 0 Å². The summed E-state index contributed by atoms with van der Waals surface area (Å²) in [7, 11) is 0. The monoisotopic (exact) mass is 298 g/mol. The predicted molar refractivity (Wildman–Crippen MR) is 64.0 cm³/mol. The largest absolute Gasteiger partial charge is 0.436 e. The Morgan fingerprint density at radius 1 is 1.35 bits per heavy atom. The minimum atomic E-state index is -0.478. The van der Waals surface area contributed by atoms with Crippen LogP contribution in [0.4, 0.5) is 10.3 Å². The van der Waals surface area contributed by atoms with Gasteiger partial charge in [-0.2, -0.15) is 4.98 Å². The fourth-order valence-corrected chi connectivity index (χ4v) is 1.48. The first-order valence-electron chi connectivity index (χ1n) is 4.61. The van der Waals surface area contributed by atoms with E-state index in [1.807, 2.05) is 0 Å². The van der Waals surface area contributed by atoms with Crippen molar-refractivity contribution in [3.05, 3.63) is 40.8 Å². The van der Waals surface area contributed by atoms with Gasteiger partial charge in [0.05, 0.1) is 0 Å².